The molecule has 1 saturated heterocycles. The number of hydrogen-bond acceptors (Lipinski definition) is 7. The molecule has 2 N–H and O–H groups in total. The molecule has 2 aromatic rings. The van der Waals surface area contributed by atoms with Crippen LogP contribution < -0.4 is 10.6 Å². The van der Waals surface area contributed by atoms with Crippen LogP contribution in [0.5, 0.6) is 0 Å². The number of hydrogen-bond donors (Lipinski definition) is 2. The molecule has 1 amide bonds. The van der Waals surface area contributed by atoms with Crippen LogP contribution in [0.2, 0.25) is 0 Å². The zero-order chi connectivity index (χ0) is 19.9. The van der Waals surface area contributed by atoms with E-state index in [0.717, 1.165) is 19.4 Å². The lowest BCUT2D eigenvalue weighted by Crippen LogP contribution is -2.32. The van der Waals surface area contributed by atoms with Crippen LogP contribution in [-0.2, 0) is 9.47 Å². The van der Waals surface area contributed by atoms with Crippen molar-refractivity contribution in [2.75, 3.05) is 25.1 Å². The summed E-state index contributed by atoms with van der Waals surface area (Å²) in [5.41, 5.74) is 1.19. The molecule has 0 radical (unpaired) electrons. The fourth-order valence-electron chi connectivity index (χ4n) is 2.97. The van der Waals surface area contributed by atoms with Crippen LogP contribution in [0.15, 0.2) is 30.3 Å². The van der Waals surface area contributed by atoms with Gasteiger partial charge < -0.3 is 20.1 Å². The standard InChI is InChI=1S/C20H24N4O4/c1-3-27-20(26)15-8-4-5-9-16(15)24-18-11-17(22-13(2)23-18)19(25)21-12-14-7-6-10-28-14/h4-5,8-9,11,14H,3,6-7,10,12H2,1-2H3,(H,21,25)(H,22,23,24). The van der Waals surface area contributed by atoms with Crippen LogP contribution in [0.1, 0.15) is 46.4 Å². The third kappa shape index (κ3) is 5.04. The van der Waals surface area contributed by atoms with Gasteiger partial charge >= 0.3 is 5.97 Å². The molecule has 8 heteroatoms. The van der Waals surface area contributed by atoms with Crippen molar-refractivity contribution in [2.24, 2.45) is 0 Å². The zero-order valence-corrected chi connectivity index (χ0v) is 16.0. The predicted molar refractivity (Wildman–Crippen MR) is 104 cm³/mol. The van der Waals surface area contributed by atoms with Crippen molar-refractivity contribution in [2.45, 2.75) is 32.8 Å². The van der Waals surface area contributed by atoms with Gasteiger partial charge in [-0.25, -0.2) is 14.8 Å². The molecule has 0 bridgehead atoms. The Kier molecular flexibility index (Phi) is 6.54. The first-order chi connectivity index (χ1) is 13.6. The molecule has 1 aliphatic heterocycles. The van der Waals surface area contributed by atoms with Gasteiger partial charge in [0.25, 0.3) is 5.91 Å². The highest BCUT2D eigenvalue weighted by atomic mass is 16.5. The Balaban J connectivity index is 1.75. The number of amides is 1. The number of benzene rings is 1. The second kappa shape index (κ2) is 9.27. The SMILES string of the molecule is CCOC(=O)c1ccccc1Nc1cc(C(=O)NCC2CCCO2)nc(C)n1. The molecule has 0 saturated carbocycles. The summed E-state index contributed by atoms with van der Waals surface area (Å²) >= 11 is 0. The molecule has 2 heterocycles. The van der Waals surface area contributed by atoms with E-state index in [1.54, 1.807) is 44.2 Å². The van der Waals surface area contributed by atoms with Gasteiger partial charge in [0.1, 0.15) is 17.3 Å². The maximum Gasteiger partial charge on any atom is 0.340 e. The van der Waals surface area contributed by atoms with Crippen LogP contribution in [0, 0.1) is 6.92 Å². The van der Waals surface area contributed by atoms with E-state index in [9.17, 15) is 9.59 Å². The minimum atomic E-state index is -0.425. The van der Waals surface area contributed by atoms with Crippen molar-refractivity contribution in [3.63, 3.8) is 0 Å². The fraction of sp³-hybridized carbons (Fsp3) is 0.400. The van der Waals surface area contributed by atoms with Gasteiger partial charge in [-0.1, -0.05) is 12.1 Å². The number of nitrogens with zero attached hydrogens (tertiary/aromatic N) is 2. The highest BCUT2D eigenvalue weighted by Crippen LogP contribution is 2.21. The molecule has 1 unspecified atom stereocenters. The molecule has 28 heavy (non-hydrogen) atoms. The van der Waals surface area contributed by atoms with E-state index >= 15 is 0 Å². The zero-order valence-electron chi connectivity index (χ0n) is 16.0. The summed E-state index contributed by atoms with van der Waals surface area (Å²) in [6.45, 7) is 4.94. The van der Waals surface area contributed by atoms with Gasteiger partial charge in [-0.05, 0) is 38.8 Å². The number of esters is 1. The average molecular weight is 384 g/mol. The third-order valence-electron chi connectivity index (χ3n) is 4.27. The number of nitrogens with one attached hydrogen (secondary N) is 2. The largest absolute Gasteiger partial charge is 0.462 e. The number of carbonyl (C=O) groups excluding carboxylic acids is 2. The Morgan fingerprint density at radius 1 is 1.29 bits per heavy atom. The molecule has 1 aromatic carbocycles. The van der Waals surface area contributed by atoms with E-state index in [1.165, 1.54) is 0 Å². The van der Waals surface area contributed by atoms with Crippen molar-refractivity contribution < 1.29 is 19.1 Å². The number of anilines is 2. The first-order valence-corrected chi connectivity index (χ1v) is 9.35. The molecule has 148 valence electrons. The molecule has 3 rings (SSSR count). The number of aromatic nitrogens is 2. The second-order valence-electron chi connectivity index (χ2n) is 6.42. The van der Waals surface area contributed by atoms with Gasteiger partial charge in [0.05, 0.1) is 24.0 Å². The minimum absolute atomic E-state index is 0.0564. The van der Waals surface area contributed by atoms with Crippen molar-refractivity contribution in [1.82, 2.24) is 15.3 Å². The number of aryl methyl sites for hydroxylation is 1. The van der Waals surface area contributed by atoms with E-state index in [4.69, 9.17) is 9.47 Å². The quantitative estimate of drug-likeness (QED) is 0.707. The molecule has 1 aliphatic rings. The maximum absolute atomic E-state index is 12.5. The van der Waals surface area contributed by atoms with Crippen LogP contribution in [0.25, 0.3) is 0 Å². The highest BCUT2D eigenvalue weighted by Gasteiger charge is 2.18. The second-order valence-corrected chi connectivity index (χ2v) is 6.42. The topological polar surface area (TPSA) is 102 Å². The Morgan fingerprint density at radius 3 is 2.86 bits per heavy atom. The molecule has 0 aliphatic carbocycles. The predicted octanol–water partition coefficient (Wildman–Crippen LogP) is 2.61. The third-order valence-corrected chi connectivity index (χ3v) is 4.27. The lowest BCUT2D eigenvalue weighted by Gasteiger charge is -2.13. The summed E-state index contributed by atoms with van der Waals surface area (Å²) in [5.74, 6) is 0.154. The molecule has 0 spiro atoms. The maximum atomic E-state index is 12.5. The number of ether oxygens (including phenoxy) is 2. The molecular formula is C20H24N4O4. The fourth-order valence-corrected chi connectivity index (χ4v) is 2.97. The number of rotatable bonds is 7. The summed E-state index contributed by atoms with van der Waals surface area (Å²) in [7, 11) is 0. The van der Waals surface area contributed by atoms with Gasteiger partial charge in [0.15, 0.2) is 0 Å². The summed E-state index contributed by atoms with van der Waals surface area (Å²) < 4.78 is 10.6. The number of carbonyl (C=O) groups is 2. The van der Waals surface area contributed by atoms with Crippen LogP contribution in [0.4, 0.5) is 11.5 Å². The molecular weight excluding hydrogens is 360 g/mol. The van der Waals surface area contributed by atoms with Gasteiger partial charge in [-0.2, -0.15) is 0 Å². The normalized spacial score (nSPS) is 15.9. The lowest BCUT2D eigenvalue weighted by atomic mass is 10.2. The van der Waals surface area contributed by atoms with Crippen molar-refractivity contribution >= 4 is 23.4 Å². The van der Waals surface area contributed by atoms with Gasteiger partial charge in [-0.15, -0.1) is 0 Å². The first kappa shape index (κ1) is 19.8. The Bertz CT molecular complexity index is 850. The number of para-hydroxylation sites is 1. The van der Waals surface area contributed by atoms with E-state index in [0.29, 0.717) is 29.4 Å². The van der Waals surface area contributed by atoms with Crippen molar-refractivity contribution in [1.29, 1.82) is 0 Å². The van der Waals surface area contributed by atoms with E-state index in [1.807, 2.05) is 0 Å². The average Bonchev–Trinajstić information content (AvgIpc) is 3.20. The Morgan fingerprint density at radius 2 is 2.11 bits per heavy atom. The van der Waals surface area contributed by atoms with E-state index in [-0.39, 0.29) is 24.3 Å². The van der Waals surface area contributed by atoms with Crippen LogP contribution >= 0.6 is 0 Å². The van der Waals surface area contributed by atoms with Gasteiger partial charge in [-0.3, -0.25) is 4.79 Å². The van der Waals surface area contributed by atoms with Crippen LogP contribution in [-0.4, -0.2) is 47.7 Å². The van der Waals surface area contributed by atoms with Gasteiger partial charge in [0.2, 0.25) is 0 Å². The lowest BCUT2D eigenvalue weighted by molar-refractivity contribution is 0.0527. The summed E-state index contributed by atoms with van der Waals surface area (Å²) in [6, 6.07) is 8.53. The van der Waals surface area contributed by atoms with E-state index < -0.39 is 5.97 Å². The Hall–Kier alpha value is -3.00. The molecule has 1 fully saturated rings. The molecule has 8 nitrogen and oxygen atoms in total. The highest BCUT2D eigenvalue weighted by molar-refractivity contribution is 5.97. The molecule has 1 aromatic heterocycles. The van der Waals surface area contributed by atoms with Crippen molar-refractivity contribution in [3.05, 3.63) is 47.4 Å². The van der Waals surface area contributed by atoms with Gasteiger partial charge in [0, 0.05) is 19.2 Å². The summed E-state index contributed by atoms with van der Waals surface area (Å²) in [5, 5.41) is 5.94. The smallest absolute Gasteiger partial charge is 0.340 e. The van der Waals surface area contributed by atoms with Crippen molar-refractivity contribution in [3.8, 4) is 0 Å². The molecule has 1 atom stereocenters. The monoisotopic (exact) mass is 384 g/mol. The Labute approximate surface area is 163 Å². The summed E-state index contributed by atoms with van der Waals surface area (Å²) in [4.78, 5) is 33.1. The summed E-state index contributed by atoms with van der Waals surface area (Å²) in [6.07, 6.45) is 2.02. The van der Waals surface area contributed by atoms with E-state index in [2.05, 4.69) is 20.6 Å². The minimum Gasteiger partial charge on any atom is -0.462 e. The van der Waals surface area contributed by atoms with Crippen LogP contribution in [0.3, 0.4) is 0 Å². The first-order valence-electron chi connectivity index (χ1n) is 9.35.